The van der Waals surface area contributed by atoms with Gasteiger partial charge in [0.1, 0.15) is 6.54 Å². The number of nitrogens with one attached hydrogen (secondary N) is 1. The van der Waals surface area contributed by atoms with E-state index < -0.39 is 5.91 Å². The molecule has 35 heavy (non-hydrogen) atoms. The minimum atomic E-state index is -0.657. The van der Waals surface area contributed by atoms with Crippen LogP contribution >= 0.6 is 34.8 Å². The summed E-state index contributed by atoms with van der Waals surface area (Å²) in [6.45, 7) is -0.0218. The molecule has 7 nitrogen and oxygen atoms in total. The van der Waals surface area contributed by atoms with E-state index in [0.29, 0.717) is 32.5 Å². The molecular formula is C25H19Cl3N4O3. The van der Waals surface area contributed by atoms with Crippen LogP contribution in [0.2, 0.25) is 15.1 Å². The van der Waals surface area contributed by atoms with Gasteiger partial charge in [0.2, 0.25) is 11.8 Å². The number of aromatic hydroxyl groups is 1. The molecule has 0 saturated carbocycles. The van der Waals surface area contributed by atoms with Crippen LogP contribution < -0.4 is 5.32 Å². The van der Waals surface area contributed by atoms with Crippen molar-refractivity contribution in [1.29, 1.82) is 0 Å². The molecule has 0 saturated heterocycles. The highest BCUT2D eigenvalue weighted by atomic mass is 35.5. The zero-order valence-corrected chi connectivity index (χ0v) is 20.5. The summed E-state index contributed by atoms with van der Waals surface area (Å²) in [5, 5.41) is 23.1. The average Bonchev–Trinajstić information content (AvgIpc) is 3.11. The number of carbonyl (C=O) groups excluding carboxylic acids is 2. The van der Waals surface area contributed by atoms with Gasteiger partial charge in [0.05, 0.1) is 28.5 Å². The van der Waals surface area contributed by atoms with Crippen molar-refractivity contribution < 1.29 is 14.7 Å². The van der Waals surface area contributed by atoms with Crippen molar-refractivity contribution >= 4 is 63.2 Å². The molecule has 4 rings (SSSR count). The van der Waals surface area contributed by atoms with Gasteiger partial charge >= 0.3 is 0 Å². The predicted molar refractivity (Wildman–Crippen MR) is 137 cm³/mol. The van der Waals surface area contributed by atoms with Crippen molar-refractivity contribution in [3.63, 3.8) is 0 Å². The molecular weight excluding hydrogens is 511 g/mol. The third-order valence-corrected chi connectivity index (χ3v) is 6.21. The molecule has 1 aromatic heterocycles. The lowest BCUT2D eigenvalue weighted by molar-refractivity contribution is -0.124. The average molecular weight is 530 g/mol. The summed E-state index contributed by atoms with van der Waals surface area (Å²) in [5.74, 6) is -1.15. The summed E-state index contributed by atoms with van der Waals surface area (Å²) in [4.78, 5) is 24.3. The molecule has 1 heterocycles. The van der Waals surface area contributed by atoms with Crippen LogP contribution in [0.3, 0.4) is 0 Å². The number of carbonyl (C=O) groups is 2. The Morgan fingerprint density at radius 1 is 0.914 bits per heavy atom. The van der Waals surface area contributed by atoms with E-state index in [2.05, 4.69) is 15.5 Å². The third kappa shape index (κ3) is 6.00. The second-order valence-corrected chi connectivity index (χ2v) is 8.95. The number of hydrogen-bond acceptors (Lipinski definition) is 4. The van der Waals surface area contributed by atoms with Crippen LogP contribution in [0.25, 0.3) is 10.9 Å². The van der Waals surface area contributed by atoms with E-state index in [0.717, 1.165) is 11.1 Å². The monoisotopic (exact) mass is 528 g/mol. The number of hydrogen-bond donors (Lipinski definition) is 2. The quantitative estimate of drug-likeness (QED) is 0.274. The van der Waals surface area contributed by atoms with E-state index in [4.69, 9.17) is 34.8 Å². The smallest absolute Gasteiger partial charge is 0.283 e. The zero-order valence-electron chi connectivity index (χ0n) is 18.2. The van der Waals surface area contributed by atoms with Crippen LogP contribution in [0.4, 0.5) is 5.69 Å². The third-order valence-electron chi connectivity index (χ3n) is 5.22. The molecule has 0 radical (unpaired) electrons. The van der Waals surface area contributed by atoms with Crippen LogP contribution in [-0.2, 0) is 22.6 Å². The van der Waals surface area contributed by atoms with Gasteiger partial charge in [0.25, 0.3) is 5.91 Å². The number of azo groups is 1. The molecule has 2 amide bonds. The SMILES string of the molecule is O=C(CNC(=O)Cc1ccc(Cl)cc1)N=Nc1c(O)n(Cc2ccc(Cl)c(Cl)c2)c2ccccc12. The van der Waals surface area contributed by atoms with Crippen LogP contribution in [0.15, 0.2) is 77.0 Å². The molecule has 0 atom stereocenters. The normalized spacial score (nSPS) is 11.3. The van der Waals surface area contributed by atoms with Gasteiger partial charge in [-0.1, -0.05) is 71.2 Å². The maximum Gasteiger partial charge on any atom is 0.283 e. The highest BCUT2D eigenvalue weighted by Crippen LogP contribution is 2.39. The molecule has 0 unspecified atom stereocenters. The van der Waals surface area contributed by atoms with Gasteiger partial charge in [0, 0.05) is 10.4 Å². The first-order chi connectivity index (χ1) is 16.8. The standard InChI is InChI=1S/C25H19Cl3N4O3/c26-17-8-5-15(6-9-17)12-22(33)29-13-23(34)30-31-24-18-3-1-2-4-21(18)32(25(24)35)14-16-7-10-19(27)20(28)11-16/h1-11,35H,12-14H2,(H,29,33). The summed E-state index contributed by atoms with van der Waals surface area (Å²) >= 11 is 18.0. The lowest BCUT2D eigenvalue weighted by Gasteiger charge is -2.08. The van der Waals surface area contributed by atoms with Crippen molar-refractivity contribution in [3.8, 4) is 5.88 Å². The number of nitrogens with zero attached hydrogens (tertiary/aromatic N) is 3. The molecule has 10 heteroatoms. The van der Waals surface area contributed by atoms with E-state index in [1.54, 1.807) is 59.2 Å². The Balaban J connectivity index is 1.47. The first-order valence-corrected chi connectivity index (χ1v) is 11.6. The Morgan fingerprint density at radius 3 is 2.37 bits per heavy atom. The zero-order chi connectivity index (χ0) is 24.9. The predicted octanol–water partition coefficient (Wildman–Crippen LogP) is 6.32. The maximum atomic E-state index is 12.2. The molecule has 0 spiro atoms. The van der Waals surface area contributed by atoms with Gasteiger partial charge in [-0.3, -0.25) is 9.59 Å². The highest BCUT2D eigenvalue weighted by Gasteiger charge is 2.17. The molecule has 0 fully saturated rings. The molecule has 0 aliphatic rings. The summed E-state index contributed by atoms with van der Waals surface area (Å²) in [5.41, 5.74) is 2.44. The second-order valence-electron chi connectivity index (χ2n) is 7.70. The van der Waals surface area contributed by atoms with E-state index in [1.165, 1.54) is 0 Å². The fraction of sp³-hybridized carbons (Fsp3) is 0.120. The molecule has 0 aliphatic heterocycles. The summed E-state index contributed by atoms with van der Waals surface area (Å²) in [6.07, 6.45) is 0.102. The fourth-order valence-electron chi connectivity index (χ4n) is 3.52. The Morgan fingerprint density at radius 2 is 1.63 bits per heavy atom. The van der Waals surface area contributed by atoms with Crippen LogP contribution in [0.5, 0.6) is 5.88 Å². The van der Waals surface area contributed by atoms with E-state index in [9.17, 15) is 14.7 Å². The second kappa shape index (κ2) is 10.9. The van der Waals surface area contributed by atoms with Gasteiger partial charge in [-0.2, -0.15) is 0 Å². The van der Waals surface area contributed by atoms with Crippen LogP contribution in [-0.4, -0.2) is 28.0 Å². The number of para-hydroxylation sites is 1. The first kappa shape index (κ1) is 24.7. The first-order valence-electron chi connectivity index (χ1n) is 10.5. The fourth-order valence-corrected chi connectivity index (χ4v) is 3.96. The van der Waals surface area contributed by atoms with Gasteiger partial charge in [-0.25, -0.2) is 0 Å². The van der Waals surface area contributed by atoms with Crippen molar-refractivity contribution in [2.24, 2.45) is 10.2 Å². The number of aromatic nitrogens is 1. The Kier molecular flexibility index (Phi) is 7.70. The molecule has 2 N–H and O–H groups in total. The Labute approximate surface area is 215 Å². The summed E-state index contributed by atoms with van der Waals surface area (Å²) in [7, 11) is 0. The number of benzene rings is 3. The van der Waals surface area contributed by atoms with Gasteiger partial charge in [0.15, 0.2) is 5.69 Å². The lowest BCUT2D eigenvalue weighted by atomic mass is 10.1. The lowest BCUT2D eigenvalue weighted by Crippen LogP contribution is -2.29. The van der Waals surface area contributed by atoms with Gasteiger partial charge < -0.3 is 15.0 Å². The number of halogens is 3. The molecule has 3 aromatic carbocycles. The minimum Gasteiger partial charge on any atom is -0.493 e. The Bertz CT molecular complexity index is 1430. The van der Waals surface area contributed by atoms with E-state index >= 15 is 0 Å². The molecule has 0 bridgehead atoms. The van der Waals surface area contributed by atoms with Crippen LogP contribution in [0, 0.1) is 0 Å². The topological polar surface area (TPSA) is 96.1 Å². The Hall–Kier alpha value is -3.39. The van der Waals surface area contributed by atoms with E-state index in [1.807, 2.05) is 12.1 Å². The maximum absolute atomic E-state index is 12.2. The molecule has 0 aliphatic carbocycles. The highest BCUT2D eigenvalue weighted by molar-refractivity contribution is 6.42. The summed E-state index contributed by atoms with van der Waals surface area (Å²) < 4.78 is 1.64. The van der Waals surface area contributed by atoms with E-state index in [-0.39, 0.29) is 30.4 Å². The van der Waals surface area contributed by atoms with Crippen molar-refractivity contribution in [2.45, 2.75) is 13.0 Å². The number of fused-ring (bicyclic) bond motifs is 1. The number of amides is 2. The van der Waals surface area contributed by atoms with Crippen molar-refractivity contribution in [1.82, 2.24) is 9.88 Å². The molecule has 4 aromatic rings. The van der Waals surface area contributed by atoms with Gasteiger partial charge in [-0.05, 0) is 41.5 Å². The molecule has 178 valence electrons. The number of rotatable bonds is 7. The van der Waals surface area contributed by atoms with Crippen molar-refractivity contribution in [2.75, 3.05) is 6.54 Å². The minimum absolute atomic E-state index is 0.102. The van der Waals surface area contributed by atoms with Gasteiger partial charge in [-0.15, -0.1) is 10.2 Å². The van der Waals surface area contributed by atoms with Crippen molar-refractivity contribution in [3.05, 3.63) is 92.9 Å². The largest absolute Gasteiger partial charge is 0.493 e. The van der Waals surface area contributed by atoms with Crippen LogP contribution in [0.1, 0.15) is 11.1 Å². The summed E-state index contributed by atoms with van der Waals surface area (Å²) in [6, 6.07) is 19.3.